The van der Waals surface area contributed by atoms with Crippen LogP contribution in [0.2, 0.25) is 5.02 Å². The van der Waals surface area contributed by atoms with Crippen molar-refractivity contribution in [2.45, 2.75) is 9.79 Å². The number of nitro benzene ring substituents is 1. The van der Waals surface area contributed by atoms with Crippen LogP contribution in [0.5, 0.6) is 0 Å². The van der Waals surface area contributed by atoms with Crippen LogP contribution in [0, 0.1) is 10.1 Å². The number of hydrogen-bond donors (Lipinski definition) is 0. The number of benzene rings is 2. The van der Waals surface area contributed by atoms with Gasteiger partial charge in [0.15, 0.2) is 4.90 Å². The number of halogens is 1. The van der Waals surface area contributed by atoms with Gasteiger partial charge in [-0.3, -0.25) is 10.1 Å². The zero-order chi connectivity index (χ0) is 14.0. The second-order valence-corrected chi connectivity index (χ2v) is 5.96. The Hall–Kier alpha value is -1.92. The lowest BCUT2D eigenvalue weighted by Gasteiger charge is -2.07. The highest BCUT2D eigenvalue weighted by Gasteiger charge is 2.30. The number of hydrogen-bond acceptors (Lipinski definition) is 4. The van der Waals surface area contributed by atoms with Gasteiger partial charge < -0.3 is 0 Å². The van der Waals surface area contributed by atoms with Crippen LogP contribution >= 0.6 is 11.6 Å². The van der Waals surface area contributed by atoms with E-state index in [1.807, 2.05) is 0 Å². The van der Waals surface area contributed by atoms with Gasteiger partial charge in [-0.05, 0) is 18.2 Å². The molecule has 0 aliphatic rings. The molecule has 0 heterocycles. The maximum atomic E-state index is 12.4. The summed E-state index contributed by atoms with van der Waals surface area (Å²) in [6.45, 7) is 0. The zero-order valence-electron chi connectivity index (χ0n) is 9.49. The number of sulfone groups is 1. The van der Waals surface area contributed by atoms with E-state index in [9.17, 15) is 18.5 Å². The van der Waals surface area contributed by atoms with E-state index in [4.69, 9.17) is 11.6 Å². The van der Waals surface area contributed by atoms with Crippen LogP contribution in [0.15, 0.2) is 58.3 Å². The quantitative estimate of drug-likeness (QED) is 0.644. The zero-order valence-corrected chi connectivity index (χ0v) is 11.1. The van der Waals surface area contributed by atoms with Gasteiger partial charge in [0.25, 0.3) is 5.69 Å². The molecule has 0 atom stereocenters. The molecule has 0 aromatic heterocycles. The van der Waals surface area contributed by atoms with Crippen molar-refractivity contribution < 1.29 is 13.3 Å². The van der Waals surface area contributed by atoms with Gasteiger partial charge in [-0.25, -0.2) is 8.42 Å². The van der Waals surface area contributed by atoms with Gasteiger partial charge in [-0.15, -0.1) is 0 Å². The van der Waals surface area contributed by atoms with E-state index < -0.39 is 25.3 Å². The maximum absolute atomic E-state index is 12.4. The van der Waals surface area contributed by atoms with Crippen LogP contribution in [0.4, 0.5) is 5.69 Å². The predicted molar refractivity (Wildman–Crippen MR) is 70.0 cm³/mol. The molecule has 2 aromatic carbocycles. The van der Waals surface area contributed by atoms with E-state index >= 15 is 0 Å². The van der Waals surface area contributed by atoms with E-state index in [1.165, 1.54) is 36.4 Å². The van der Waals surface area contributed by atoms with E-state index in [2.05, 4.69) is 0 Å². The molecule has 0 amide bonds. The molecule has 0 aliphatic carbocycles. The van der Waals surface area contributed by atoms with E-state index in [-0.39, 0.29) is 9.92 Å². The summed E-state index contributed by atoms with van der Waals surface area (Å²) in [6.07, 6.45) is 0. The smallest absolute Gasteiger partial charge is 0.258 e. The van der Waals surface area contributed by atoms with Gasteiger partial charge >= 0.3 is 0 Å². The Bertz CT molecular complexity index is 729. The van der Waals surface area contributed by atoms with Crippen molar-refractivity contribution in [1.82, 2.24) is 0 Å². The first-order valence-electron chi connectivity index (χ1n) is 5.17. The fourth-order valence-electron chi connectivity index (χ4n) is 1.62. The molecular weight excluding hydrogens is 290 g/mol. The van der Waals surface area contributed by atoms with Crippen molar-refractivity contribution in [2.24, 2.45) is 0 Å². The third-order valence-corrected chi connectivity index (χ3v) is 4.75. The minimum absolute atomic E-state index is 0.0359. The molecule has 0 bridgehead atoms. The standard InChI is InChI=1S/C12H8ClNO4S/c13-10-7-4-8-11(14(15)16)12(10)19(17,18)9-5-2-1-3-6-9/h1-8H. The van der Waals surface area contributed by atoms with Crippen molar-refractivity contribution in [1.29, 1.82) is 0 Å². The van der Waals surface area contributed by atoms with Crippen LogP contribution in [-0.2, 0) is 9.84 Å². The molecule has 0 fully saturated rings. The lowest BCUT2D eigenvalue weighted by Crippen LogP contribution is -2.06. The van der Waals surface area contributed by atoms with Crippen LogP contribution < -0.4 is 0 Å². The Balaban J connectivity index is 2.76. The summed E-state index contributed by atoms with van der Waals surface area (Å²) in [7, 11) is -4.02. The molecule has 7 heteroatoms. The van der Waals surface area contributed by atoms with Gasteiger partial charge in [0.1, 0.15) is 0 Å². The summed E-state index contributed by atoms with van der Waals surface area (Å²) in [5.74, 6) is 0. The van der Waals surface area contributed by atoms with Gasteiger partial charge in [-0.1, -0.05) is 35.9 Å². The molecule has 0 aliphatic heterocycles. The van der Waals surface area contributed by atoms with Crippen LogP contribution in [0.25, 0.3) is 0 Å². The lowest BCUT2D eigenvalue weighted by atomic mass is 10.3. The SMILES string of the molecule is O=[N+]([O-])c1cccc(Cl)c1S(=O)(=O)c1ccccc1. The molecular formula is C12H8ClNO4S. The maximum Gasteiger partial charge on any atom is 0.289 e. The molecule has 19 heavy (non-hydrogen) atoms. The molecule has 0 radical (unpaired) electrons. The molecule has 2 rings (SSSR count). The van der Waals surface area contributed by atoms with E-state index in [0.29, 0.717) is 0 Å². The predicted octanol–water partition coefficient (Wildman–Crippen LogP) is 3.08. The number of nitro groups is 1. The van der Waals surface area contributed by atoms with Gasteiger partial charge in [0.05, 0.1) is 14.8 Å². The average molecular weight is 298 g/mol. The largest absolute Gasteiger partial charge is 0.289 e. The summed E-state index contributed by atoms with van der Waals surface area (Å²) in [4.78, 5) is 9.66. The minimum atomic E-state index is -4.02. The highest BCUT2D eigenvalue weighted by Crippen LogP contribution is 2.34. The Labute approximate surface area is 114 Å². The summed E-state index contributed by atoms with van der Waals surface area (Å²) < 4.78 is 24.8. The van der Waals surface area contributed by atoms with Crippen LogP contribution in [-0.4, -0.2) is 13.3 Å². The molecule has 98 valence electrons. The molecule has 2 aromatic rings. The molecule has 0 unspecified atom stereocenters. The Morgan fingerprint density at radius 2 is 1.63 bits per heavy atom. The number of rotatable bonds is 3. The summed E-state index contributed by atoms with van der Waals surface area (Å²) in [5, 5.41) is 10.8. The average Bonchev–Trinajstić information content (AvgIpc) is 2.39. The third-order valence-electron chi connectivity index (χ3n) is 2.47. The Morgan fingerprint density at radius 1 is 1.00 bits per heavy atom. The summed E-state index contributed by atoms with van der Waals surface area (Å²) >= 11 is 5.82. The van der Waals surface area contributed by atoms with Crippen LogP contribution in [0.1, 0.15) is 0 Å². The second-order valence-electron chi connectivity index (χ2n) is 3.66. The van der Waals surface area contributed by atoms with Crippen molar-refractivity contribution in [3.63, 3.8) is 0 Å². The van der Waals surface area contributed by atoms with Gasteiger partial charge in [0, 0.05) is 6.07 Å². The monoisotopic (exact) mass is 297 g/mol. The third kappa shape index (κ3) is 2.45. The first-order valence-corrected chi connectivity index (χ1v) is 7.04. The Kier molecular flexibility index (Phi) is 3.55. The molecule has 0 saturated carbocycles. The van der Waals surface area contributed by atoms with Gasteiger partial charge in [0.2, 0.25) is 9.84 Å². The normalized spacial score (nSPS) is 11.2. The highest BCUT2D eigenvalue weighted by atomic mass is 35.5. The van der Waals surface area contributed by atoms with Crippen LogP contribution in [0.3, 0.4) is 0 Å². The van der Waals surface area contributed by atoms with Crippen molar-refractivity contribution in [2.75, 3.05) is 0 Å². The second kappa shape index (κ2) is 4.99. The van der Waals surface area contributed by atoms with Crippen molar-refractivity contribution >= 4 is 27.1 Å². The highest BCUT2D eigenvalue weighted by molar-refractivity contribution is 7.91. The van der Waals surface area contributed by atoms with E-state index in [0.717, 1.165) is 6.07 Å². The molecule has 0 spiro atoms. The van der Waals surface area contributed by atoms with E-state index in [1.54, 1.807) is 6.07 Å². The molecule has 5 nitrogen and oxygen atoms in total. The van der Waals surface area contributed by atoms with Gasteiger partial charge in [-0.2, -0.15) is 0 Å². The van der Waals surface area contributed by atoms with Crippen molar-refractivity contribution in [3.05, 3.63) is 63.7 Å². The topological polar surface area (TPSA) is 77.3 Å². The molecule has 0 N–H and O–H groups in total. The Morgan fingerprint density at radius 3 is 2.21 bits per heavy atom. The lowest BCUT2D eigenvalue weighted by molar-refractivity contribution is -0.387. The first-order chi connectivity index (χ1) is 8.94. The first kappa shape index (κ1) is 13.5. The fraction of sp³-hybridized carbons (Fsp3) is 0. The summed E-state index contributed by atoms with van der Waals surface area (Å²) in [5.41, 5.74) is -0.531. The van der Waals surface area contributed by atoms with Crippen molar-refractivity contribution in [3.8, 4) is 0 Å². The summed E-state index contributed by atoms with van der Waals surface area (Å²) in [6, 6.07) is 11.2. The molecule has 0 saturated heterocycles. The fourth-order valence-corrected chi connectivity index (χ4v) is 3.59. The minimum Gasteiger partial charge on any atom is -0.258 e. The number of nitrogens with zero attached hydrogens (tertiary/aromatic N) is 1.